The van der Waals surface area contributed by atoms with E-state index in [0.717, 1.165) is 5.65 Å². The summed E-state index contributed by atoms with van der Waals surface area (Å²) in [5.74, 6) is -0.416. The number of nitrogens with zero attached hydrogens (tertiary/aromatic N) is 2. The SMILES string of the molecule is OC(Cc1ccc(Cl)cc1F)c1cn2ccccc2n1. The van der Waals surface area contributed by atoms with Crippen LogP contribution in [-0.4, -0.2) is 14.5 Å². The van der Waals surface area contributed by atoms with Crippen LogP contribution in [0.5, 0.6) is 0 Å². The average molecular weight is 291 g/mol. The first-order chi connectivity index (χ1) is 9.63. The van der Waals surface area contributed by atoms with Gasteiger partial charge in [-0.15, -0.1) is 0 Å². The molecule has 1 atom stereocenters. The fourth-order valence-electron chi connectivity index (χ4n) is 2.11. The van der Waals surface area contributed by atoms with Crippen molar-refractivity contribution in [1.82, 2.24) is 9.38 Å². The number of aliphatic hydroxyl groups is 1. The summed E-state index contributed by atoms with van der Waals surface area (Å²) >= 11 is 5.71. The van der Waals surface area contributed by atoms with Crippen molar-refractivity contribution >= 4 is 17.2 Å². The molecule has 0 radical (unpaired) electrons. The van der Waals surface area contributed by atoms with E-state index in [4.69, 9.17) is 11.6 Å². The van der Waals surface area contributed by atoms with Gasteiger partial charge in [-0.25, -0.2) is 9.37 Å². The van der Waals surface area contributed by atoms with Gasteiger partial charge in [0.15, 0.2) is 0 Å². The summed E-state index contributed by atoms with van der Waals surface area (Å²) in [6.07, 6.45) is 2.90. The molecule has 0 amide bonds. The molecular formula is C15H12ClFN2O. The molecular weight excluding hydrogens is 279 g/mol. The summed E-state index contributed by atoms with van der Waals surface area (Å²) < 4.78 is 15.5. The quantitative estimate of drug-likeness (QED) is 0.803. The van der Waals surface area contributed by atoms with E-state index < -0.39 is 11.9 Å². The Kier molecular flexibility index (Phi) is 3.42. The molecule has 3 rings (SSSR count). The summed E-state index contributed by atoms with van der Waals surface area (Å²) in [5, 5.41) is 10.5. The molecule has 0 fully saturated rings. The number of halogens is 2. The molecule has 0 bridgehead atoms. The lowest BCUT2D eigenvalue weighted by Crippen LogP contribution is -2.04. The highest BCUT2D eigenvalue weighted by atomic mass is 35.5. The topological polar surface area (TPSA) is 37.5 Å². The third-order valence-electron chi connectivity index (χ3n) is 3.15. The molecule has 2 heterocycles. The van der Waals surface area contributed by atoms with Crippen molar-refractivity contribution in [2.75, 3.05) is 0 Å². The van der Waals surface area contributed by atoms with E-state index in [1.807, 2.05) is 28.8 Å². The Hall–Kier alpha value is -1.91. The van der Waals surface area contributed by atoms with Crippen LogP contribution in [0.25, 0.3) is 5.65 Å². The van der Waals surface area contributed by atoms with Crippen LogP contribution < -0.4 is 0 Å². The first-order valence-electron chi connectivity index (χ1n) is 6.19. The van der Waals surface area contributed by atoms with Crippen LogP contribution in [0.2, 0.25) is 5.02 Å². The summed E-state index contributed by atoms with van der Waals surface area (Å²) in [5.41, 5.74) is 1.68. The summed E-state index contributed by atoms with van der Waals surface area (Å²) in [4.78, 5) is 4.32. The van der Waals surface area contributed by atoms with E-state index in [9.17, 15) is 9.50 Å². The van der Waals surface area contributed by atoms with Gasteiger partial charge in [-0.05, 0) is 29.8 Å². The average Bonchev–Trinajstić information content (AvgIpc) is 2.86. The maximum atomic E-state index is 13.7. The number of imidazole rings is 1. The molecule has 0 aliphatic heterocycles. The number of aromatic nitrogens is 2. The smallest absolute Gasteiger partial charge is 0.137 e. The van der Waals surface area contributed by atoms with Gasteiger partial charge in [0.2, 0.25) is 0 Å². The maximum absolute atomic E-state index is 13.7. The van der Waals surface area contributed by atoms with Crippen molar-refractivity contribution in [3.8, 4) is 0 Å². The number of aliphatic hydroxyl groups excluding tert-OH is 1. The fraction of sp³-hybridized carbons (Fsp3) is 0.133. The molecule has 1 aromatic carbocycles. The van der Waals surface area contributed by atoms with Gasteiger partial charge in [0, 0.05) is 23.8 Å². The van der Waals surface area contributed by atoms with E-state index in [-0.39, 0.29) is 6.42 Å². The molecule has 0 aliphatic rings. The number of rotatable bonds is 3. The highest BCUT2D eigenvalue weighted by Crippen LogP contribution is 2.22. The van der Waals surface area contributed by atoms with E-state index in [1.165, 1.54) is 6.07 Å². The van der Waals surface area contributed by atoms with Gasteiger partial charge in [0.05, 0.1) is 5.69 Å². The zero-order valence-electron chi connectivity index (χ0n) is 10.5. The Bertz CT molecular complexity index is 723. The number of benzene rings is 1. The van der Waals surface area contributed by atoms with Crippen LogP contribution in [0.15, 0.2) is 48.8 Å². The predicted octanol–water partition coefficient (Wildman–Crippen LogP) is 3.40. The Labute approximate surface area is 120 Å². The minimum Gasteiger partial charge on any atom is -0.386 e. The van der Waals surface area contributed by atoms with Crippen LogP contribution >= 0.6 is 11.6 Å². The normalized spacial score (nSPS) is 12.8. The Morgan fingerprint density at radius 1 is 1.30 bits per heavy atom. The fourth-order valence-corrected chi connectivity index (χ4v) is 2.27. The number of hydrogen-bond donors (Lipinski definition) is 1. The van der Waals surface area contributed by atoms with E-state index >= 15 is 0 Å². The molecule has 3 aromatic rings. The van der Waals surface area contributed by atoms with Crippen LogP contribution in [0, 0.1) is 5.82 Å². The van der Waals surface area contributed by atoms with Gasteiger partial charge >= 0.3 is 0 Å². The second kappa shape index (κ2) is 5.23. The zero-order valence-corrected chi connectivity index (χ0v) is 11.3. The molecule has 0 spiro atoms. The number of pyridine rings is 1. The summed E-state index contributed by atoms with van der Waals surface area (Å²) in [6.45, 7) is 0. The van der Waals surface area contributed by atoms with Crippen LogP contribution in [0.1, 0.15) is 17.4 Å². The van der Waals surface area contributed by atoms with Crippen molar-refractivity contribution in [2.24, 2.45) is 0 Å². The van der Waals surface area contributed by atoms with Crippen molar-refractivity contribution in [1.29, 1.82) is 0 Å². The molecule has 5 heteroatoms. The Morgan fingerprint density at radius 3 is 2.90 bits per heavy atom. The van der Waals surface area contributed by atoms with Crippen molar-refractivity contribution in [3.63, 3.8) is 0 Å². The highest BCUT2D eigenvalue weighted by Gasteiger charge is 2.15. The number of fused-ring (bicyclic) bond motifs is 1. The van der Waals surface area contributed by atoms with Gasteiger partial charge in [-0.1, -0.05) is 23.7 Å². The van der Waals surface area contributed by atoms with Gasteiger partial charge in [0.25, 0.3) is 0 Å². The van der Waals surface area contributed by atoms with Crippen LogP contribution in [0.3, 0.4) is 0 Å². The van der Waals surface area contributed by atoms with Crippen molar-refractivity contribution in [3.05, 3.63) is 70.9 Å². The molecule has 20 heavy (non-hydrogen) atoms. The standard InChI is InChI=1S/C15H12ClFN2O/c16-11-5-4-10(12(17)8-11)7-14(20)13-9-19-6-2-1-3-15(19)18-13/h1-6,8-9,14,20H,7H2. The predicted molar refractivity (Wildman–Crippen MR) is 75.3 cm³/mol. The van der Waals surface area contributed by atoms with Gasteiger partial charge < -0.3 is 9.51 Å². The first-order valence-corrected chi connectivity index (χ1v) is 6.57. The highest BCUT2D eigenvalue weighted by molar-refractivity contribution is 6.30. The van der Waals surface area contributed by atoms with Gasteiger partial charge in [-0.3, -0.25) is 0 Å². The third kappa shape index (κ3) is 2.53. The molecule has 0 saturated heterocycles. The van der Waals surface area contributed by atoms with Crippen LogP contribution in [0.4, 0.5) is 4.39 Å². The van der Waals surface area contributed by atoms with Crippen molar-refractivity contribution < 1.29 is 9.50 Å². The molecule has 2 aromatic heterocycles. The zero-order chi connectivity index (χ0) is 14.1. The lowest BCUT2D eigenvalue weighted by Gasteiger charge is -2.08. The third-order valence-corrected chi connectivity index (χ3v) is 3.39. The largest absolute Gasteiger partial charge is 0.386 e. The number of hydrogen-bond acceptors (Lipinski definition) is 2. The van der Waals surface area contributed by atoms with Crippen LogP contribution in [-0.2, 0) is 6.42 Å². The molecule has 0 aliphatic carbocycles. The van der Waals surface area contributed by atoms with E-state index in [2.05, 4.69) is 4.98 Å². The van der Waals surface area contributed by atoms with Gasteiger partial charge in [-0.2, -0.15) is 0 Å². The molecule has 0 saturated carbocycles. The minimum atomic E-state index is -0.856. The summed E-state index contributed by atoms with van der Waals surface area (Å²) in [7, 11) is 0. The first kappa shape index (κ1) is 13.1. The summed E-state index contributed by atoms with van der Waals surface area (Å²) in [6, 6.07) is 10.0. The second-order valence-electron chi connectivity index (χ2n) is 4.59. The molecule has 1 N–H and O–H groups in total. The Balaban J connectivity index is 1.86. The molecule has 102 valence electrons. The van der Waals surface area contributed by atoms with Crippen molar-refractivity contribution in [2.45, 2.75) is 12.5 Å². The van der Waals surface area contributed by atoms with E-state index in [0.29, 0.717) is 16.3 Å². The molecule has 1 unspecified atom stereocenters. The lowest BCUT2D eigenvalue weighted by atomic mass is 10.1. The molecule has 3 nitrogen and oxygen atoms in total. The second-order valence-corrected chi connectivity index (χ2v) is 5.02. The lowest BCUT2D eigenvalue weighted by molar-refractivity contribution is 0.173. The van der Waals surface area contributed by atoms with E-state index in [1.54, 1.807) is 18.3 Å². The Morgan fingerprint density at radius 2 is 2.15 bits per heavy atom. The van der Waals surface area contributed by atoms with Gasteiger partial charge in [0.1, 0.15) is 17.6 Å². The minimum absolute atomic E-state index is 0.160. The monoisotopic (exact) mass is 290 g/mol. The maximum Gasteiger partial charge on any atom is 0.137 e.